The van der Waals surface area contributed by atoms with Gasteiger partial charge in [0.1, 0.15) is 16.5 Å². The second kappa shape index (κ2) is 5.69. The fourth-order valence-electron chi connectivity index (χ4n) is 1.93. The molecule has 2 aromatic rings. The molecule has 0 radical (unpaired) electrons. The summed E-state index contributed by atoms with van der Waals surface area (Å²) in [6.45, 7) is 0. The largest absolute Gasteiger partial charge is 0.497 e. The SMILES string of the molecule is COc1ccc(C(=O)Nc2nnc(C3CC3)s2)c(OC)c1. The minimum absolute atomic E-state index is 0.270. The van der Waals surface area contributed by atoms with Crippen molar-refractivity contribution in [3.05, 3.63) is 28.8 Å². The smallest absolute Gasteiger partial charge is 0.261 e. The van der Waals surface area contributed by atoms with Gasteiger partial charge >= 0.3 is 0 Å². The van der Waals surface area contributed by atoms with Gasteiger partial charge in [0, 0.05) is 12.0 Å². The number of carbonyl (C=O) groups is 1. The summed E-state index contributed by atoms with van der Waals surface area (Å²) in [5.74, 6) is 1.35. The van der Waals surface area contributed by atoms with Crippen molar-refractivity contribution in [3.63, 3.8) is 0 Å². The molecule has 1 saturated carbocycles. The van der Waals surface area contributed by atoms with Gasteiger partial charge < -0.3 is 9.47 Å². The first kappa shape index (κ1) is 13.8. The Morgan fingerprint density at radius 3 is 2.76 bits per heavy atom. The van der Waals surface area contributed by atoms with E-state index in [-0.39, 0.29) is 5.91 Å². The summed E-state index contributed by atoms with van der Waals surface area (Å²) < 4.78 is 10.3. The summed E-state index contributed by atoms with van der Waals surface area (Å²) >= 11 is 1.43. The van der Waals surface area contributed by atoms with Crippen molar-refractivity contribution in [3.8, 4) is 11.5 Å². The zero-order chi connectivity index (χ0) is 14.8. The lowest BCUT2D eigenvalue weighted by Gasteiger charge is -2.09. The molecule has 110 valence electrons. The summed E-state index contributed by atoms with van der Waals surface area (Å²) in [5, 5.41) is 12.4. The number of benzene rings is 1. The fourth-order valence-corrected chi connectivity index (χ4v) is 2.84. The van der Waals surface area contributed by atoms with E-state index in [0.29, 0.717) is 28.1 Å². The topological polar surface area (TPSA) is 73.3 Å². The Hall–Kier alpha value is -2.15. The van der Waals surface area contributed by atoms with Gasteiger partial charge in [0.15, 0.2) is 0 Å². The minimum atomic E-state index is -0.270. The van der Waals surface area contributed by atoms with Crippen LogP contribution in [0.15, 0.2) is 18.2 Å². The lowest BCUT2D eigenvalue weighted by molar-refractivity contribution is 0.102. The Morgan fingerprint density at radius 2 is 2.10 bits per heavy atom. The third kappa shape index (κ3) is 2.97. The first-order chi connectivity index (χ1) is 10.2. The van der Waals surface area contributed by atoms with Crippen LogP contribution in [0.25, 0.3) is 0 Å². The van der Waals surface area contributed by atoms with Crippen LogP contribution in [0.1, 0.15) is 34.1 Å². The van der Waals surface area contributed by atoms with Crippen LogP contribution in [0.5, 0.6) is 11.5 Å². The number of nitrogens with zero attached hydrogens (tertiary/aromatic N) is 2. The van der Waals surface area contributed by atoms with Gasteiger partial charge in [-0.25, -0.2) is 0 Å². The number of rotatable bonds is 5. The number of anilines is 1. The van der Waals surface area contributed by atoms with E-state index >= 15 is 0 Å². The zero-order valence-electron chi connectivity index (χ0n) is 11.8. The van der Waals surface area contributed by atoms with E-state index in [1.165, 1.54) is 18.4 Å². The number of ether oxygens (including phenoxy) is 2. The Balaban J connectivity index is 1.77. The molecule has 1 aliphatic rings. The molecule has 7 heteroatoms. The number of amides is 1. The molecule has 0 unspecified atom stereocenters. The summed E-state index contributed by atoms with van der Waals surface area (Å²) in [6, 6.07) is 5.05. The highest BCUT2D eigenvalue weighted by Crippen LogP contribution is 2.42. The van der Waals surface area contributed by atoms with E-state index in [1.807, 2.05) is 0 Å². The van der Waals surface area contributed by atoms with E-state index in [9.17, 15) is 4.79 Å². The number of carbonyl (C=O) groups excluding carboxylic acids is 1. The number of methoxy groups -OCH3 is 2. The second-order valence-corrected chi connectivity index (χ2v) is 5.75. The number of hydrogen-bond acceptors (Lipinski definition) is 6. The van der Waals surface area contributed by atoms with Crippen molar-refractivity contribution >= 4 is 22.4 Å². The maximum atomic E-state index is 12.3. The summed E-state index contributed by atoms with van der Waals surface area (Å²) in [7, 11) is 3.08. The van der Waals surface area contributed by atoms with Crippen LogP contribution in [-0.4, -0.2) is 30.3 Å². The molecule has 1 amide bonds. The van der Waals surface area contributed by atoms with Gasteiger partial charge in [0.25, 0.3) is 5.91 Å². The molecule has 1 heterocycles. The fraction of sp³-hybridized carbons (Fsp3) is 0.357. The van der Waals surface area contributed by atoms with Gasteiger partial charge in [0.2, 0.25) is 5.13 Å². The number of aromatic nitrogens is 2. The Bertz CT molecular complexity index is 667. The molecule has 0 aliphatic heterocycles. The molecule has 0 spiro atoms. The van der Waals surface area contributed by atoms with E-state index in [1.54, 1.807) is 25.3 Å². The van der Waals surface area contributed by atoms with Gasteiger partial charge in [-0.15, -0.1) is 10.2 Å². The van der Waals surface area contributed by atoms with Crippen molar-refractivity contribution < 1.29 is 14.3 Å². The molecule has 0 bridgehead atoms. The molecule has 21 heavy (non-hydrogen) atoms. The average Bonchev–Trinajstić information content (AvgIpc) is 3.26. The van der Waals surface area contributed by atoms with E-state index in [2.05, 4.69) is 15.5 Å². The Kier molecular flexibility index (Phi) is 3.74. The molecule has 3 rings (SSSR count). The monoisotopic (exact) mass is 305 g/mol. The van der Waals surface area contributed by atoms with Crippen molar-refractivity contribution in [2.75, 3.05) is 19.5 Å². The lowest BCUT2D eigenvalue weighted by Crippen LogP contribution is -2.13. The van der Waals surface area contributed by atoms with Gasteiger partial charge in [-0.05, 0) is 25.0 Å². The van der Waals surface area contributed by atoms with Crippen LogP contribution < -0.4 is 14.8 Å². The van der Waals surface area contributed by atoms with E-state index < -0.39 is 0 Å². The normalized spacial score (nSPS) is 13.8. The highest BCUT2D eigenvalue weighted by Gasteiger charge is 2.28. The predicted molar refractivity (Wildman–Crippen MR) is 79.4 cm³/mol. The van der Waals surface area contributed by atoms with Crippen molar-refractivity contribution in [1.82, 2.24) is 10.2 Å². The van der Waals surface area contributed by atoms with Crippen LogP contribution >= 0.6 is 11.3 Å². The predicted octanol–water partition coefficient (Wildman–Crippen LogP) is 2.69. The molecule has 1 N–H and O–H groups in total. The first-order valence-corrected chi connectivity index (χ1v) is 7.39. The van der Waals surface area contributed by atoms with Gasteiger partial charge in [0.05, 0.1) is 19.8 Å². The van der Waals surface area contributed by atoms with Crippen LogP contribution in [-0.2, 0) is 0 Å². The molecule has 1 aromatic carbocycles. The van der Waals surface area contributed by atoms with Gasteiger partial charge in [-0.1, -0.05) is 11.3 Å². The van der Waals surface area contributed by atoms with E-state index in [0.717, 1.165) is 17.8 Å². The van der Waals surface area contributed by atoms with Crippen molar-refractivity contribution in [2.24, 2.45) is 0 Å². The molecular weight excluding hydrogens is 290 g/mol. The minimum Gasteiger partial charge on any atom is -0.497 e. The van der Waals surface area contributed by atoms with Crippen molar-refractivity contribution in [2.45, 2.75) is 18.8 Å². The van der Waals surface area contributed by atoms with Crippen LogP contribution in [0.3, 0.4) is 0 Å². The third-order valence-corrected chi connectivity index (χ3v) is 4.24. The first-order valence-electron chi connectivity index (χ1n) is 6.58. The van der Waals surface area contributed by atoms with Crippen molar-refractivity contribution in [1.29, 1.82) is 0 Å². The maximum Gasteiger partial charge on any atom is 0.261 e. The molecule has 0 saturated heterocycles. The molecule has 1 aromatic heterocycles. The number of hydrogen-bond donors (Lipinski definition) is 1. The Labute approximate surface area is 126 Å². The summed E-state index contributed by atoms with van der Waals surface area (Å²) in [5.41, 5.74) is 0.432. The maximum absolute atomic E-state index is 12.3. The number of nitrogens with one attached hydrogen (secondary N) is 1. The molecule has 1 fully saturated rings. The van der Waals surface area contributed by atoms with Crippen LogP contribution in [0, 0.1) is 0 Å². The molecule has 6 nitrogen and oxygen atoms in total. The van der Waals surface area contributed by atoms with Crippen LogP contribution in [0.2, 0.25) is 0 Å². The highest BCUT2D eigenvalue weighted by atomic mass is 32.1. The Morgan fingerprint density at radius 1 is 1.29 bits per heavy atom. The van der Waals surface area contributed by atoms with E-state index in [4.69, 9.17) is 9.47 Å². The van der Waals surface area contributed by atoms with Crippen LogP contribution in [0.4, 0.5) is 5.13 Å². The third-order valence-electron chi connectivity index (χ3n) is 3.24. The van der Waals surface area contributed by atoms with Gasteiger partial charge in [-0.2, -0.15) is 0 Å². The zero-order valence-corrected chi connectivity index (χ0v) is 12.6. The molecule has 0 atom stereocenters. The quantitative estimate of drug-likeness (QED) is 0.919. The van der Waals surface area contributed by atoms with Gasteiger partial charge in [-0.3, -0.25) is 10.1 Å². The summed E-state index contributed by atoms with van der Waals surface area (Å²) in [6.07, 6.45) is 2.32. The average molecular weight is 305 g/mol. The highest BCUT2D eigenvalue weighted by molar-refractivity contribution is 7.15. The summed E-state index contributed by atoms with van der Waals surface area (Å²) in [4.78, 5) is 12.3. The molecular formula is C14H15N3O3S. The standard InChI is InChI=1S/C14H15N3O3S/c1-19-9-5-6-10(11(7-9)20-2)12(18)15-14-17-16-13(21-14)8-3-4-8/h5-8H,3-4H2,1-2H3,(H,15,17,18). The molecule has 1 aliphatic carbocycles. The lowest BCUT2D eigenvalue weighted by atomic mass is 10.2. The second-order valence-electron chi connectivity index (χ2n) is 4.74.